The van der Waals surface area contributed by atoms with Gasteiger partial charge in [-0.2, -0.15) is 5.10 Å². The molecule has 3 rings (SSSR count). The maximum absolute atomic E-state index is 5.93. The molecule has 16 heavy (non-hydrogen) atoms. The number of aromatic amines is 1. The Kier molecular flexibility index (Phi) is 2.44. The highest BCUT2D eigenvalue weighted by Gasteiger charge is 2.22. The maximum atomic E-state index is 5.93. The fourth-order valence-electron chi connectivity index (χ4n) is 2.22. The van der Waals surface area contributed by atoms with Gasteiger partial charge < -0.3 is 5.73 Å². The smallest absolute Gasteiger partial charge is 0.154 e. The lowest BCUT2D eigenvalue weighted by Gasteiger charge is -2.24. The van der Waals surface area contributed by atoms with Gasteiger partial charge in [0.25, 0.3) is 0 Å². The molecule has 2 aromatic heterocycles. The second-order valence-electron chi connectivity index (χ2n) is 4.44. The first-order chi connectivity index (χ1) is 7.84. The Hall–Kier alpha value is -1.29. The number of H-pyrrole nitrogens is 1. The lowest BCUT2D eigenvalue weighted by atomic mass is 9.81. The minimum Gasteiger partial charge on any atom is -0.382 e. The van der Waals surface area contributed by atoms with Crippen molar-refractivity contribution in [2.45, 2.75) is 25.7 Å². The third-order valence-electron chi connectivity index (χ3n) is 3.35. The lowest BCUT2D eigenvalue weighted by molar-refractivity contribution is 0.312. The van der Waals surface area contributed by atoms with E-state index >= 15 is 0 Å². The van der Waals surface area contributed by atoms with E-state index in [2.05, 4.69) is 27.7 Å². The first-order valence-electron chi connectivity index (χ1n) is 5.71. The summed E-state index contributed by atoms with van der Waals surface area (Å²) < 4.78 is 0. The van der Waals surface area contributed by atoms with Crippen molar-refractivity contribution < 1.29 is 0 Å². The molecule has 0 aliphatic heterocycles. The van der Waals surface area contributed by atoms with Crippen molar-refractivity contribution in [2.75, 3.05) is 5.73 Å². The van der Waals surface area contributed by atoms with Crippen LogP contribution in [0.2, 0.25) is 0 Å². The fourth-order valence-corrected chi connectivity index (χ4v) is 3.03. The van der Waals surface area contributed by atoms with E-state index in [1.54, 1.807) is 11.3 Å². The fraction of sp³-hybridized carbons (Fsp3) is 0.417. The Labute approximate surface area is 98.7 Å². The standard InChI is InChI=1S/C12H15N3S/c13-12-11(10-5-2-6-16-10)9(14-15-12)7-8-3-1-4-8/h2,5-6,8H,1,3-4,7H2,(H3,13,14,15). The molecular formula is C12H15N3S. The number of thiophene rings is 1. The van der Waals surface area contributed by atoms with E-state index in [1.807, 2.05) is 0 Å². The van der Waals surface area contributed by atoms with Gasteiger partial charge in [-0.25, -0.2) is 0 Å². The minimum atomic E-state index is 0.636. The number of nitrogens with two attached hydrogens (primary N) is 1. The van der Waals surface area contributed by atoms with Crippen LogP contribution in [-0.2, 0) is 6.42 Å². The number of rotatable bonds is 3. The molecule has 1 aliphatic carbocycles. The van der Waals surface area contributed by atoms with E-state index in [4.69, 9.17) is 5.73 Å². The van der Waals surface area contributed by atoms with Gasteiger partial charge in [-0.1, -0.05) is 25.3 Å². The van der Waals surface area contributed by atoms with E-state index in [-0.39, 0.29) is 0 Å². The minimum absolute atomic E-state index is 0.636. The van der Waals surface area contributed by atoms with Crippen molar-refractivity contribution in [3.8, 4) is 10.4 Å². The van der Waals surface area contributed by atoms with Crippen molar-refractivity contribution in [1.82, 2.24) is 10.2 Å². The molecule has 0 saturated heterocycles. The van der Waals surface area contributed by atoms with Crippen LogP contribution >= 0.6 is 11.3 Å². The molecule has 0 aromatic carbocycles. The summed E-state index contributed by atoms with van der Waals surface area (Å²) in [5, 5.41) is 9.31. The van der Waals surface area contributed by atoms with Crippen molar-refractivity contribution >= 4 is 17.2 Å². The van der Waals surface area contributed by atoms with Crippen LogP contribution in [0.15, 0.2) is 17.5 Å². The van der Waals surface area contributed by atoms with E-state index in [0.29, 0.717) is 5.82 Å². The van der Waals surface area contributed by atoms with Gasteiger partial charge >= 0.3 is 0 Å². The van der Waals surface area contributed by atoms with Crippen LogP contribution in [-0.4, -0.2) is 10.2 Å². The topological polar surface area (TPSA) is 54.7 Å². The zero-order valence-corrected chi connectivity index (χ0v) is 9.89. The molecule has 1 aliphatic rings. The Morgan fingerprint density at radius 3 is 3.00 bits per heavy atom. The Bertz CT molecular complexity index is 468. The molecule has 1 saturated carbocycles. The monoisotopic (exact) mass is 233 g/mol. The molecule has 2 heterocycles. The van der Waals surface area contributed by atoms with Gasteiger partial charge in [-0.15, -0.1) is 11.3 Å². The molecule has 0 unspecified atom stereocenters. The number of hydrogen-bond donors (Lipinski definition) is 2. The number of nitrogens with zero attached hydrogens (tertiary/aromatic N) is 1. The second-order valence-corrected chi connectivity index (χ2v) is 5.39. The SMILES string of the molecule is Nc1n[nH]c(CC2CCC2)c1-c1cccs1. The van der Waals surface area contributed by atoms with Gasteiger partial charge in [0, 0.05) is 10.6 Å². The van der Waals surface area contributed by atoms with Crippen molar-refractivity contribution in [1.29, 1.82) is 0 Å². The summed E-state index contributed by atoms with van der Waals surface area (Å²) in [5.41, 5.74) is 8.27. The Morgan fingerprint density at radius 2 is 2.38 bits per heavy atom. The van der Waals surface area contributed by atoms with Crippen LogP contribution in [0.4, 0.5) is 5.82 Å². The van der Waals surface area contributed by atoms with Crippen LogP contribution in [0, 0.1) is 5.92 Å². The Morgan fingerprint density at radius 1 is 1.50 bits per heavy atom. The first-order valence-corrected chi connectivity index (χ1v) is 6.59. The second kappa shape index (κ2) is 3.94. The average Bonchev–Trinajstić information content (AvgIpc) is 2.80. The van der Waals surface area contributed by atoms with Gasteiger partial charge in [-0.05, 0) is 23.8 Å². The first kappa shape index (κ1) is 9.90. The van der Waals surface area contributed by atoms with Gasteiger partial charge in [0.05, 0.1) is 5.56 Å². The Balaban J connectivity index is 1.92. The average molecular weight is 233 g/mol. The quantitative estimate of drug-likeness (QED) is 0.856. The van der Waals surface area contributed by atoms with Crippen molar-refractivity contribution in [3.63, 3.8) is 0 Å². The molecule has 3 N–H and O–H groups in total. The number of nitrogens with one attached hydrogen (secondary N) is 1. The molecule has 2 aromatic rings. The summed E-state index contributed by atoms with van der Waals surface area (Å²) in [6.45, 7) is 0. The van der Waals surface area contributed by atoms with E-state index in [0.717, 1.165) is 17.9 Å². The van der Waals surface area contributed by atoms with Gasteiger partial charge in [0.1, 0.15) is 0 Å². The summed E-state index contributed by atoms with van der Waals surface area (Å²) >= 11 is 1.72. The molecular weight excluding hydrogens is 218 g/mol. The molecule has 0 radical (unpaired) electrons. The molecule has 0 amide bonds. The summed E-state index contributed by atoms with van der Waals surface area (Å²) in [7, 11) is 0. The lowest BCUT2D eigenvalue weighted by Crippen LogP contribution is -2.14. The van der Waals surface area contributed by atoms with Crippen LogP contribution in [0.25, 0.3) is 10.4 Å². The van der Waals surface area contributed by atoms with Gasteiger partial charge in [0.2, 0.25) is 0 Å². The number of nitrogen functional groups attached to an aromatic ring is 1. The highest BCUT2D eigenvalue weighted by molar-refractivity contribution is 7.13. The predicted octanol–water partition coefficient (Wildman–Crippen LogP) is 3.06. The number of aromatic nitrogens is 2. The maximum Gasteiger partial charge on any atom is 0.154 e. The van der Waals surface area contributed by atoms with Gasteiger partial charge in [-0.3, -0.25) is 5.10 Å². The third-order valence-corrected chi connectivity index (χ3v) is 4.24. The highest BCUT2D eigenvalue weighted by atomic mass is 32.1. The zero-order valence-electron chi connectivity index (χ0n) is 9.07. The predicted molar refractivity (Wildman–Crippen MR) is 67.4 cm³/mol. The van der Waals surface area contributed by atoms with Crippen LogP contribution in [0.5, 0.6) is 0 Å². The normalized spacial score (nSPS) is 16.2. The summed E-state index contributed by atoms with van der Waals surface area (Å²) in [5.74, 6) is 1.47. The van der Waals surface area contributed by atoms with E-state index in [1.165, 1.54) is 29.8 Å². The molecule has 1 fully saturated rings. The molecule has 4 heteroatoms. The van der Waals surface area contributed by atoms with Crippen LogP contribution in [0.1, 0.15) is 25.0 Å². The number of hydrogen-bond acceptors (Lipinski definition) is 3. The van der Waals surface area contributed by atoms with Crippen molar-refractivity contribution in [2.24, 2.45) is 5.92 Å². The molecule has 0 spiro atoms. The summed E-state index contributed by atoms with van der Waals surface area (Å²) in [6.07, 6.45) is 5.17. The van der Waals surface area contributed by atoms with Crippen LogP contribution in [0.3, 0.4) is 0 Å². The zero-order chi connectivity index (χ0) is 11.0. The molecule has 84 valence electrons. The van der Waals surface area contributed by atoms with E-state index < -0.39 is 0 Å². The number of anilines is 1. The summed E-state index contributed by atoms with van der Waals surface area (Å²) in [4.78, 5) is 1.22. The molecule has 3 nitrogen and oxygen atoms in total. The third kappa shape index (κ3) is 1.63. The highest BCUT2D eigenvalue weighted by Crippen LogP contribution is 2.36. The summed E-state index contributed by atoms with van der Waals surface area (Å²) in [6, 6.07) is 4.16. The van der Waals surface area contributed by atoms with Gasteiger partial charge in [0.15, 0.2) is 5.82 Å². The van der Waals surface area contributed by atoms with Crippen molar-refractivity contribution in [3.05, 3.63) is 23.2 Å². The molecule has 0 bridgehead atoms. The van der Waals surface area contributed by atoms with E-state index in [9.17, 15) is 0 Å². The largest absolute Gasteiger partial charge is 0.382 e. The molecule has 0 atom stereocenters. The van der Waals surface area contributed by atoms with Crippen LogP contribution < -0.4 is 5.73 Å².